The third kappa shape index (κ3) is 5.11. The van der Waals surface area contributed by atoms with Crippen molar-refractivity contribution in [1.29, 1.82) is 0 Å². The first kappa shape index (κ1) is 25.0. The van der Waals surface area contributed by atoms with Gasteiger partial charge < -0.3 is 11.5 Å². The van der Waals surface area contributed by atoms with Gasteiger partial charge in [-0.25, -0.2) is 9.97 Å². The third-order valence-corrected chi connectivity index (χ3v) is 6.11. The van der Waals surface area contributed by atoms with Crippen molar-refractivity contribution < 1.29 is 31.1 Å². The summed E-state index contributed by atoms with van der Waals surface area (Å²) in [5.74, 6) is -0.932. The number of alkyl halides is 8. The van der Waals surface area contributed by atoms with Gasteiger partial charge in [0.1, 0.15) is 9.65 Å². The standard InChI is InChI=1S/C15H8Br2Cl2F6N4O/c16-7(5-1-3(14(20,21)22)9(26)12(18)28-5)11(30)8(17)6-2-4(15(23,24)25)10(27)13(19)29-6/h1-2,7-8H,26-27H2. The Kier molecular flexibility index (Phi) is 7.21. The van der Waals surface area contributed by atoms with Crippen LogP contribution >= 0.6 is 55.1 Å². The predicted octanol–water partition coefficient (Wildman–Crippen LogP) is 6.13. The smallest absolute Gasteiger partial charge is 0.396 e. The third-order valence-electron chi connectivity index (χ3n) is 3.69. The predicted molar refractivity (Wildman–Crippen MR) is 106 cm³/mol. The van der Waals surface area contributed by atoms with E-state index in [1.165, 1.54) is 0 Å². The number of nitrogen functional groups attached to an aromatic ring is 2. The number of pyridine rings is 2. The Morgan fingerprint density at radius 1 is 0.833 bits per heavy atom. The zero-order valence-corrected chi connectivity index (χ0v) is 18.7. The van der Waals surface area contributed by atoms with Crippen LogP contribution in [0.15, 0.2) is 12.1 Å². The van der Waals surface area contributed by atoms with E-state index >= 15 is 0 Å². The van der Waals surface area contributed by atoms with Crippen molar-refractivity contribution in [3.8, 4) is 0 Å². The maximum Gasteiger partial charge on any atom is 0.418 e. The molecule has 0 spiro atoms. The topological polar surface area (TPSA) is 94.9 Å². The van der Waals surface area contributed by atoms with E-state index in [9.17, 15) is 31.1 Å². The van der Waals surface area contributed by atoms with Crippen LogP contribution in [-0.2, 0) is 17.1 Å². The number of Topliss-reactive ketones (excluding diaryl/α,β-unsaturated/α-hetero) is 1. The molecule has 0 aliphatic carbocycles. The Hall–Kier alpha value is -1.31. The molecule has 0 bridgehead atoms. The van der Waals surface area contributed by atoms with Crippen molar-refractivity contribution in [3.05, 3.63) is 45.0 Å². The summed E-state index contributed by atoms with van der Waals surface area (Å²) < 4.78 is 78.7. The van der Waals surface area contributed by atoms with Gasteiger partial charge in [0.15, 0.2) is 16.1 Å². The molecule has 30 heavy (non-hydrogen) atoms. The Morgan fingerprint density at radius 3 is 1.40 bits per heavy atom. The summed E-state index contributed by atoms with van der Waals surface area (Å²) in [4.78, 5) is 16.9. The molecule has 2 atom stereocenters. The van der Waals surface area contributed by atoms with Crippen LogP contribution in [0.2, 0.25) is 10.3 Å². The highest BCUT2D eigenvalue weighted by atomic mass is 79.9. The largest absolute Gasteiger partial charge is 0.418 e. The molecular weight excluding hydrogens is 597 g/mol. The number of hydrogen-bond donors (Lipinski definition) is 2. The van der Waals surface area contributed by atoms with Crippen molar-refractivity contribution in [1.82, 2.24) is 9.97 Å². The lowest BCUT2D eigenvalue weighted by Crippen LogP contribution is -2.19. The number of halogens is 10. The summed E-state index contributed by atoms with van der Waals surface area (Å²) in [5, 5.41) is -1.40. The fraction of sp³-hybridized carbons (Fsp3) is 0.267. The fourth-order valence-electron chi connectivity index (χ4n) is 2.23. The molecule has 2 aromatic heterocycles. The number of rotatable bonds is 4. The second-order valence-electron chi connectivity index (χ2n) is 5.72. The van der Waals surface area contributed by atoms with Gasteiger partial charge in [-0.2, -0.15) is 26.3 Å². The van der Waals surface area contributed by atoms with Crippen molar-refractivity contribution in [2.45, 2.75) is 22.0 Å². The van der Waals surface area contributed by atoms with Gasteiger partial charge in [-0.3, -0.25) is 4.79 Å². The van der Waals surface area contributed by atoms with Gasteiger partial charge in [-0.05, 0) is 12.1 Å². The van der Waals surface area contributed by atoms with Crippen LogP contribution in [0.5, 0.6) is 0 Å². The van der Waals surface area contributed by atoms with Crippen LogP contribution in [0.25, 0.3) is 0 Å². The van der Waals surface area contributed by atoms with Gasteiger partial charge in [-0.15, -0.1) is 0 Å². The Morgan fingerprint density at radius 2 is 1.13 bits per heavy atom. The number of carbonyl (C=O) groups excluding carboxylic acids is 1. The molecule has 2 unspecified atom stereocenters. The van der Waals surface area contributed by atoms with Crippen LogP contribution in [0.3, 0.4) is 0 Å². The molecule has 0 aromatic carbocycles. The minimum absolute atomic E-state index is 0.464. The number of nitrogens with zero attached hydrogens (tertiary/aromatic N) is 2. The van der Waals surface area contributed by atoms with Gasteiger partial charge in [0.25, 0.3) is 0 Å². The highest BCUT2D eigenvalue weighted by Crippen LogP contribution is 2.42. The maximum atomic E-state index is 13.1. The fourth-order valence-corrected chi connectivity index (χ4v) is 3.99. The lowest BCUT2D eigenvalue weighted by molar-refractivity contribution is -0.137. The molecule has 0 aliphatic rings. The minimum atomic E-state index is -4.89. The van der Waals surface area contributed by atoms with Crippen molar-refractivity contribution in [2.24, 2.45) is 0 Å². The zero-order chi connectivity index (χ0) is 23.2. The lowest BCUT2D eigenvalue weighted by atomic mass is 10.1. The zero-order valence-electron chi connectivity index (χ0n) is 14.0. The van der Waals surface area contributed by atoms with Gasteiger partial charge in [0.2, 0.25) is 0 Å². The van der Waals surface area contributed by atoms with Crippen molar-refractivity contribution in [3.63, 3.8) is 0 Å². The summed E-state index contributed by atoms with van der Waals surface area (Å²) in [5.41, 5.74) is 5.32. The van der Waals surface area contributed by atoms with E-state index in [2.05, 4.69) is 41.8 Å². The van der Waals surface area contributed by atoms with Crippen LogP contribution in [0.1, 0.15) is 32.2 Å². The first-order valence-electron chi connectivity index (χ1n) is 7.43. The summed E-state index contributed by atoms with van der Waals surface area (Å²) in [6.45, 7) is 0. The van der Waals surface area contributed by atoms with E-state index in [1.807, 2.05) is 0 Å². The van der Waals surface area contributed by atoms with Gasteiger partial charge in [-0.1, -0.05) is 55.1 Å². The summed E-state index contributed by atoms with van der Waals surface area (Å²) in [6, 6.07) is 1.01. The van der Waals surface area contributed by atoms with Gasteiger partial charge in [0, 0.05) is 0 Å². The molecular formula is C15H8Br2Cl2F6N4O. The van der Waals surface area contributed by atoms with E-state index in [-0.39, 0.29) is 0 Å². The monoisotopic (exact) mass is 602 g/mol. The molecule has 2 heterocycles. The first-order chi connectivity index (χ1) is 13.6. The highest BCUT2D eigenvalue weighted by Gasteiger charge is 2.39. The van der Waals surface area contributed by atoms with E-state index in [1.54, 1.807) is 0 Å². The lowest BCUT2D eigenvalue weighted by Gasteiger charge is -2.18. The normalized spacial score (nSPS) is 14.5. The number of ketones is 1. The summed E-state index contributed by atoms with van der Waals surface area (Å²) in [7, 11) is 0. The molecule has 5 nitrogen and oxygen atoms in total. The van der Waals surface area contributed by atoms with Crippen molar-refractivity contribution in [2.75, 3.05) is 11.5 Å². The van der Waals surface area contributed by atoms with Crippen molar-refractivity contribution >= 4 is 72.2 Å². The molecule has 2 aromatic rings. The molecule has 0 radical (unpaired) electrons. The molecule has 164 valence electrons. The number of carbonyl (C=O) groups is 1. The van der Waals surface area contributed by atoms with E-state index in [0.29, 0.717) is 12.1 Å². The van der Waals surface area contributed by atoms with Gasteiger partial charge >= 0.3 is 12.4 Å². The molecule has 2 rings (SSSR count). The maximum absolute atomic E-state index is 13.1. The average molecular weight is 605 g/mol. The number of nitrogens with two attached hydrogens (primary N) is 2. The Balaban J connectivity index is 2.47. The van der Waals surface area contributed by atoms with Crippen LogP contribution in [-0.4, -0.2) is 15.8 Å². The van der Waals surface area contributed by atoms with Crippen LogP contribution < -0.4 is 11.5 Å². The first-order valence-corrected chi connectivity index (χ1v) is 10.0. The summed E-state index contributed by atoms with van der Waals surface area (Å²) in [6.07, 6.45) is -9.77. The second kappa shape index (κ2) is 8.67. The molecule has 0 fully saturated rings. The van der Waals surface area contributed by atoms with Crippen LogP contribution in [0.4, 0.5) is 37.7 Å². The number of anilines is 2. The van der Waals surface area contributed by atoms with E-state index in [0.717, 1.165) is 0 Å². The molecule has 0 amide bonds. The van der Waals surface area contributed by atoms with E-state index < -0.39 is 72.0 Å². The molecule has 0 aliphatic heterocycles. The SMILES string of the molecule is Nc1c(C(F)(F)F)cc(C(Br)C(=O)C(Br)c2cc(C(F)(F)F)c(N)c(Cl)n2)nc1Cl. The van der Waals surface area contributed by atoms with Crippen LogP contribution in [0, 0.1) is 0 Å². The number of aromatic nitrogens is 2. The molecule has 4 N–H and O–H groups in total. The minimum Gasteiger partial charge on any atom is -0.396 e. The second-order valence-corrected chi connectivity index (χ2v) is 8.27. The molecule has 0 saturated carbocycles. The molecule has 0 saturated heterocycles. The Bertz CT molecular complexity index is 925. The van der Waals surface area contributed by atoms with Gasteiger partial charge in [0.05, 0.1) is 33.9 Å². The number of hydrogen-bond acceptors (Lipinski definition) is 5. The summed E-state index contributed by atoms with van der Waals surface area (Å²) >= 11 is 17.0. The quantitative estimate of drug-likeness (QED) is 0.249. The average Bonchev–Trinajstić information content (AvgIpc) is 2.62. The highest BCUT2D eigenvalue weighted by molar-refractivity contribution is 9.10. The Labute approximate surface area is 191 Å². The van der Waals surface area contributed by atoms with E-state index in [4.69, 9.17) is 34.7 Å². The molecule has 15 heteroatoms.